The first-order chi connectivity index (χ1) is 10.2. The fourth-order valence-corrected chi connectivity index (χ4v) is 2.32. The Morgan fingerprint density at radius 2 is 1.71 bits per heavy atom. The third kappa shape index (κ3) is 2.95. The summed E-state index contributed by atoms with van der Waals surface area (Å²) in [5.74, 6) is 0. The number of hydrogen-bond donors (Lipinski definition) is 0. The Labute approximate surface area is 125 Å². The van der Waals surface area contributed by atoms with E-state index in [-0.39, 0.29) is 0 Å². The lowest BCUT2D eigenvalue weighted by Gasteiger charge is -2.06. The van der Waals surface area contributed by atoms with Crippen LogP contribution < -0.4 is 0 Å². The Morgan fingerprint density at radius 1 is 0.905 bits per heavy atom. The Morgan fingerprint density at radius 3 is 2.52 bits per heavy atom. The van der Waals surface area contributed by atoms with Gasteiger partial charge in [0.05, 0.1) is 17.6 Å². The van der Waals surface area contributed by atoms with Crippen LogP contribution in [0.1, 0.15) is 16.8 Å². The van der Waals surface area contributed by atoms with Crippen molar-refractivity contribution in [2.45, 2.75) is 13.8 Å². The van der Waals surface area contributed by atoms with Crippen LogP contribution in [-0.4, -0.2) is 10.8 Å². The molecule has 21 heavy (non-hydrogen) atoms. The van der Waals surface area contributed by atoms with Gasteiger partial charge in [0.1, 0.15) is 0 Å². The third-order valence-corrected chi connectivity index (χ3v) is 3.52. The number of nitrogens with zero attached hydrogens (tertiary/aromatic N) is 2. The minimum Gasteiger partial charge on any atom is -0.316 e. The largest absolute Gasteiger partial charge is 0.316 e. The predicted octanol–water partition coefficient (Wildman–Crippen LogP) is 4.84. The van der Waals surface area contributed by atoms with E-state index in [1.807, 2.05) is 30.5 Å². The summed E-state index contributed by atoms with van der Waals surface area (Å²) in [6.45, 7) is 4.17. The van der Waals surface area contributed by atoms with Gasteiger partial charge in [0.25, 0.3) is 0 Å². The molecular formula is C19H18N2. The molecule has 0 radical (unpaired) electrons. The molecule has 3 aromatic rings. The van der Waals surface area contributed by atoms with E-state index in [2.05, 4.69) is 66.0 Å². The summed E-state index contributed by atoms with van der Waals surface area (Å²) in [5.41, 5.74) is 5.66. The van der Waals surface area contributed by atoms with Gasteiger partial charge in [0.2, 0.25) is 0 Å². The van der Waals surface area contributed by atoms with E-state index in [4.69, 9.17) is 0 Å². The Kier molecular flexibility index (Phi) is 3.69. The zero-order valence-corrected chi connectivity index (χ0v) is 12.3. The standard InChI is InChI=1S/C19H18N2/c1-15-10-11-16(2)19(13-15)20-14-18-9-6-12-21(18)17-7-4-3-5-8-17/h3-14H,1-2H3. The highest BCUT2D eigenvalue weighted by Gasteiger charge is 2.01. The van der Waals surface area contributed by atoms with Gasteiger partial charge in [-0.05, 0) is 55.3 Å². The van der Waals surface area contributed by atoms with Crippen molar-refractivity contribution in [1.29, 1.82) is 0 Å². The molecule has 0 bridgehead atoms. The second-order valence-corrected chi connectivity index (χ2v) is 5.19. The van der Waals surface area contributed by atoms with Crippen molar-refractivity contribution in [3.05, 3.63) is 83.7 Å². The van der Waals surface area contributed by atoms with Crippen molar-refractivity contribution in [1.82, 2.24) is 4.57 Å². The maximum absolute atomic E-state index is 4.65. The van der Waals surface area contributed by atoms with Gasteiger partial charge >= 0.3 is 0 Å². The highest BCUT2D eigenvalue weighted by atomic mass is 15.0. The van der Waals surface area contributed by atoms with E-state index >= 15 is 0 Å². The van der Waals surface area contributed by atoms with E-state index in [9.17, 15) is 0 Å². The maximum atomic E-state index is 4.65. The summed E-state index contributed by atoms with van der Waals surface area (Å²) in [6.07, 6.45) is 3.98. The molecule has 1 aromatic heterocycles. The summed E-state index contributed by atoms with van der Waals surface area (Å²) in [6, 6.07) is 20.7. The molecule has 0 amide bonds. The van der Waals surface area contributed by atoms with Crippen LogP contribution in [0.3, 0.4) is 0 Å². The Bertz CT molecular complexity index is 767. The minimum atomic E-state index is 1.02. The van der Waals surface area contributed by atoms with Crippen molar-refractivity contribution in [3.63, 3.8) is 0 Å². The summed E-state index contributed by atoms with van der Waals surface area (Å²) >= 11 is 0. The van der Waals surface area contributed by atoms with E-state index < -0.39 is 0 Å². The van der Waals surface area contributed by atoms with Crippen molar-refractivity contribution in [3.8, 4) is 5.69 Å². The molecule has 0 atom stereocenters. The molecule has 2 aromatic carbocycles. The van der Waals surface area contributed by atoms with Gasteiger partial charge in [-0.15, -0.1) is 0 Å². The van der Waals surface area contributed by atoms with Gasteiger partial charge in [-0.3, -0.25) is 4.99 Å². The first-order valence-corrected chi connectivity index (χ1v) is 7.08. The minimum absolute atomic E-state index is 1.02. The topological polar surface area (TPSA) is 17.3 Å². The van der Waals surface area contributed by atoms with Crippen LogP contribution in [0.2, 0.25) is 0 Å². The predicted molar refractivity (Wildman–Crippen MR) is 88.9 cm³/mol. The van der Waals surface area contributed by atoms with Gasteiger partial charge in [-0.1, -0.05) is 30.3 Å². The summed E-state index contributed by atoms with van der Waals surface area (Å²) in [4.78, 5) is 4.65. The Balaban J connectivity index is 1.94. The molecule has 1 heterocycles. The van der Waals surface area contributed by atoms with Crippen LogP contribution in [0, 0.1) is 13.8 Å². The molecule has 0 spiro atoms. The molecule has 0 N–H and O–H groups in total. The van der Waals surface area contributed by atoms with Crippen molar-refractivity contribution >= 4 is 11.9 Å². The summed E-state index contributed by atoms with van der Waals surface area (Å²) < 4.78 is 2.13. The lowest BCUT2D eigenvalue weighted by molar-refractivity contribution is 1.07. The average Bonchev–Trinajstić information content (AvgIpc) is 2.97. The number of hydrogen-bond acceptors (Lipinski definition) is 1. The summed E-state index contributed by atoms with van der Waals surface area (Å²) in [5, 5.41) is 0. The first kappa shape index (κ1) is 13.4. The fourth-order valence-electron chi connectivity index (χ4n) is 2.32. The van der Waals surface area contributed by atoms with E-state index in [1.165, 1.54) is 11.1 Å². The van der Waals surface area contributed by atoms with Gasteiger partial charge in [0, 0.05) is 11.9 Å². The molecule has 0 aliphatic carbocycles. The smallest absolute Gasteiger partial charge is 0.0662 e. The zero-order chi connectivity index (χ0) is 14.7. The van der Waals surface area contributed by atoms with Crippen LogP contribution in [0.5, 0.6) is 0 Å². The maximum Gasteiger partial charge on any atom is 0.0662 e. The van der Waals surface area contributed by atoms with Crippen LogP contribution in [0.25, 0.3) is 5.69 Å². The average molecular weight is 274 g/mol. The Hall–Kier alpha value is -2.61. The van der Waals surface area contributed by atoms with Gasteiger partial charge < -0.3 is 4.57 Å². The molecule has 0 aliphatic heterocycles. The second kappa shape index (κ2) is 5.80. The molecule has 3 rings (SSSR count). The number of para-hydroxylation sites is 1. The third-order valence-electron chi connectivity index (χ3n) is 3.52. The number of aromatic nitrogens is 1. The van der Waals surface area contributed by atoms with E-state index in [1.54, 1.807) is 0 Å². The second-order valence-electron chi connectivity index (χ2n) is 5.19. The molecule has 0 unspecified atom stereocenters. The van der Waals surface area contributed by atoms with Gasteiger partial charge in [-0.25, -0.2) is 0 Å². The van der Waals surface area contributed by atoms with Crippen molar-refractivity contribution in [2.75, 3.05) is 0 Å². The highest BCUT2D eigenvalue weighted by molar-refractivity contribution is 5.81. The lowest BCUT2D eigenvalue weighted by atomic mass is 10.1. The van der Waals surface area contributed by atoms with Crippen molar-refractivity contribution in [2.24, 2.45) is 4.99 Å². The first-order valence-electron chi connectivity index (χ1n) is 7.08. The zero-order valence-electron chi connectivity index (χ0n) is 12.3. The molecule has 0 saturated heterocycles. The van der Waals surface area contributed by atoms with E-state index in [0.29, 0.717) is 0 Å². The highest BCUT2D eigenvalue weighted by Crippen LogP contribution is 2.20. The molecule has 0 fully saturated rings. The molecule has 0 saturated carbocycles. The molecule has 104 valence electrons. The monoisotopic (exact) mass is 274 g/mol. The van der Waals surface area contributed by atoms with Crippen LogP contribution in [0.15, 0.2) is 71.9 Å². The number of aliphatic imine (C=N–C) groups is 1. The fraction of sp³-hybridized carbons (Fsp3) is 0.105. The number of benzene rings is 2. The van der Waals surface area contributed by atoms with E-state index in [0.717, 1.165) is 17.1 Å². The number of rotatable bonds is 3. The van der Waals surface area contributed by atoms with Crippen LogP contribution in [0.4, 0.5) is 5.69 Å². The number of aryl methyl sites for hydroxylation is 2. The quantitative estimate of drug-likeness (QED) is 0.608. The molecule has 2 heteroatoms. The summed E-state index contributed by atoms with van der Waals surface area (Å²) in [7, 11) is 0. The SMILES string of the molecule is Cc1ccc(C)c(N=Cc2cccn2-c2ccccc2)c1. The lowest BCUT2D eigenvalue weighted by Crippen LogP contribution is -1.97. The van der Waals surface area contributed by atoms with Crippen LogP contribution in [-0.2, 0) is 0 Å². The van der Waals surface area contributed by atoms with Gasteiger partial charge in [-0.2, -0.15) is 0 Å². The van der Waals surface area contributed by atoms with Crippen molar-refractivity contribution < 1.29 is 0 Å². The molecular weight excluding hydrogens is 256 g/mol. The molecule has 0 aliphatic rings. The molecule has 2 nitrogen and oxygen atoms in total. The normalized spacial score (nSPS) is 11.1. The van der Waals surface area contributed by atoms with Gasteiger partial charge in [0.15, 0.2) is 0 Å². The van der Waals surface area contributed by atoms with Crippen LogP contribution >= 0.6 is 0 Å².